The summed E-state index contributed by atoms with van der Waals surface area (Å²) in [4.78, 5) is 13.9. The smallest absolute Gasteiger partial charge is 0.255 e. The molecule has 0 aliphatic rings. The number of rotatable bonds is 3. The molecular weight excluding hydrogens is 272 g/mol. The molecule has 2 rings (SSSR count). The molecule has 0 aliphatic heterocycles. The lowest BCUT2D eigenvalue weighted by atomic mass is 10.1. The zero-order valence-corrected chi connectivity index (χ0v) is 11.8. The van der Waals surface area contributed by atoms with Crippen LogP contribution in [0.25, 0.3) is 0 Å². The van der Waals surface area contributed by atoms with Gasteiger partial charge in [-0.05, 0) is 29.8 Å². The number of halogens is 1. The van der Waals surface area contributed by atoms with Crippen molar-refractivity contribution >= 4 is 17.5 Å². The molecule has 0 fully saturated rings. The Morgan fingerprint density at radius 3 is 2.45 bits per heavy atom. The Labute approximate surface area is 123 Å². The first-order chi connectivity index (χ1) is 9.61. The molecule has 1 amide bonds. The van der Waals surface area contributed by atoms with Gasteiger partial charge in [0.05, 0.1) is 22.2 Å². The Balaban J connectivity index is 2.11. The summed E-state index contributed by atoms with van der Waals surface area (Å²) in [6, 6.07) is 16.2. The third-order valence-corrected chi connectivity index (χ3v) is 3.28. The minimum absolute atomic E-state index is 0.125. The SMILES string of the molecule is CN(Cc1ccc(C#N)cc1)C(=O)c1ccccc1Cl. The third kappa shape index (κ3) is 3.17. The fourth-order valence-corrected chi connectivity index (χ4v) is 2.09. The Kier molecular flexibility index (Phi) is 4.39. The monoisotopic (exact) mass is 284 g/mol. The van der Waals surface area contributed by atoms with E-state index in [1.54, 1.807) is 48.3 Å². The summed E-state index contributed by atoms with van der Waals surface area (Å²) in [6.45, 7) is 0.468. The lowest BCUT2D eigenvalue weighted by Crippen LogP contribution is -2.26. The van der Waals surface area contributed by atoms with Crippen LogP contribution in [0.5, 0.6) is 0 Å². The zero-order valence-electron chi connectivity index (χ0n) is 11.0. The van der Waals surface area contributed by atoms with Gasteiger partial charge in [0.25, 0.3) is 5.91 Å². The highest BCUT2D eigenvalue weighted by atomic mass is 35.5. The van der Waals surface area contributed by atoms with Crippen molar-refractivity contribution < 1.29 is 4.79 Å². The number of carbonyl (C=O) groups is 1. The number of nitrogens with zero attached hydrogens (tertiary/aromatic N) is 2. The molecule has 0 aliphatic carbocycles. The predicted molar refractivity (Wildman–Crippen MR) is 78.4 cm³/mol. The van der Waals surface area contributed by atoms with Gasteiger partial charge in [0.1, 0.15) is 0 Å². The lowest BCUT2D eigenvalue weighted by Gasteiger charge is -2.18. The van der Waals surface area contributed by atoms with Crippen molar-refractivity contribution in [3.8, 4) is 6.07 Å². The van der Waals surface area contributed by atoms with Gasteiger partial charge in [0, 0.05) is 13.6 Å². The largest absolute Gasteiger partial charge is 0.337 e. The van der Waals surface area contributed by atoms with E-state index in [9.17, 15) is 4.79 Å². The molecule has 0 heterocycles. The maximum Gasteiger partial charge on any atom is 0.255 e. The van der Waals surface area contributed by atoms with Crippen molar-refractivity contribution in [1.82, 2.24) is 4.90 Å². The number of amides is 1. The summed E-state index contributed by atoms with van der Waals surface area (Å²) in [5.74, 6) is -0.125. The minimum atomic E-state index is -0.125. The van der Waals surface area contributed by atoms with Crippen LogP contribution in [0.3, 0.4) is 0 Å². The van der Waals surface area contributed by atoms with Gasteiger partial charge in [-0.25, -0.2) is 0 Å². The zero-order chi connectivity index (χ0) is 14.5. The Bertz CT molecular complexity index is 659. The van der Waals surface area contributed by atoms with Gasteiger partial charge in [-0.3, -0.25) is 4.79 Å². The molecule has 0 unspecified atom stereocenters. The van der Waals surface area contributed by atoms with Gasteiger partial charge in [0.15, 0.2) is 0 Å². The van der Waals surface area contributed by atoms with Crippen LogP contribution in [0.2, 0.25) is 5.02 Å². The van der Waals surface area contributed by atoms with E-state index < -0.39 is 0 Å². The van der Waals surface area contributed by atoms with E-state index in [0.29, 0.717) is 22.7 Å². The normalized spacial score (nSPS) is 9.85. The van der Waals surface area contributed by atoms with E-state index in [1.807, 2.05) is 12.1 Å². The van der Waals surface area contributed by atoms with Crippen molar-refractivity contribution in [1.29, 1.82) is 5.26 Å². The van der Waals surface area contributed by atoms with Gasteiger partial charge < -0.3 is 4.90 Å². The molecule has 2 aromatic rings. The maximum atomic E-state index is 12.3. The standard InChI is InChI=1S/C16H13ClN2O/c1-19(11-13-8-6-12(10-18)7-9-13)16(20)14-4-2-3-5-15(14)17/h2-9H,11H2,1H3. The molecule has 3 nitrogen and oxygen atoms in total. The Hall–Kier alpha value is -2.31. The highest BCUT2D eigenvalue weighted by Crippen LogP contribution is 2.17. The van der Waals surface area contributed by atoms with Crippen molar-refractivity contribution in [3.63, 3.8) is 0 Å². The van der Waals surface area contributed by atoms with Crippen molar-refractivity contribution in [2.24, 2.45) is 0 Å². The quantitative estimate of drug-likeness (QED) is 0.866. The summed E-state index contributed by atoms with van der Waals surface area (Å²) in [7, 11) is 1.73. The molecule has 100 valence electrons. The second-order valence-electron chi connectivity index (χ2n) is 4.45. The fourth-order valence-electron chi connectivity index (χ4n) is 1.87. The molecule has 0 spiro atoms. The average Bonchev–Trinajstić information content (AvgIpc) is 2.48. The van der Waals surface area contributed by atoms with E-state index in [4.69, 9.17) is 16.9 Å². The second-order valence-corrected chi connectivity index (χ2v) is 4.86. The molecule has 0 saturated heterocycles. The molecule has 0 bridgehead atoms. The number of carbonyl (C=O) groups excluding carboxylic acids is 1. The molecular formula is C16H13ClN2O. The van der Waals surface area contributed by atoms with Gasteiger partial charge >= 0.3 is 0 Å². The van der Waals surface area contributed by atoms with Crippen LogP contribution >= 0.6 is 11.6 Å². The van der Waals surface area contributed by atoms with E-state index in [0.717, 1.165) is 5.56 Å². The first kappa shape index (κ1) is 14.1. The summed E-state index contributed by atoms with van der Waals surface area (Å²) < 4.78 is 0. The van der Waals surface area contributed by atoms with E-state index in [1.165, 1.54) is 0 Å². The van der Waals surface area contributed by atoms with Crippen LogP contribution < -0.4 is 0 Å². The summed E-state index contributed by atoms with van der Waals surface area (Å²) >= 11 is 6.02. The number of nitriles is 1. The van der Waals surface area contributed by atoms with Gasteiger partial charge in [-0.15, -0.1) is 0 Å². The van der Waals surface area contributed by atoms with Crippen molar-refractivity contribution in [3.05, 3.63) is 70.2 Å². The van der Waals surface area contributed by atoms with E-state index >= 15 is 0 Å². The van der Waals surface area contributed by atoms with E-state index in [2.05, 4.69) is 6.07 Å². The molecule has 20 heavy (non-hydrogen) atoms. The lowest BCUT2D eigenvalue weighted by molar-refractivity contribution is 0.0785. The molecule has 0 saturated carbocycles. The third-order valence-electron chi connectivity index (χ3n) is 2.95. The number of hydrogen-bond donors (Lipinski definition) is 0. The van der Waals surface area contributed by atoms with E-state index in [-0.39, 0.29) is 5.91 Å². The maximum absolute atomic E-state index is 12.3. The van der Waals surface area contributed by atoms with Crippen molar-refractivity contribution in [2.75, 3.05) is 7.05 Å². The first-order valence-corrected chi connectivity index (χ1v) is 6.48. The fraction of sp³-hybridized carbons (Fsp3) is 0.125. The topological polar surface area (TPSA) is 44.1 Å². The Morgan fingerprint density at radius 2 is 1.85 bits per heavy atom. The van der Waals surface area contributed by atoms with Gasteiger partial charge in [-0.1, -0.05) is 35.9 Å². The molecule has 4 heteroatoms. The van der Waals surface area contributed by atoms with Crippen LogP contribution in [0.4, 0.5) is 0 Å². The van der Waals surface area contributed by atoms with Gasteiger partial charge in [-0.2, -0.15) is 5.26 Å². The number of benzene rings is 2. The molecule has 0 atom stereocenters. The molecule has 2 aromatic carbocycles. The summed E-state index contributed by atoms with van der Waals surface area (Å²) in [5, 5.41) is 9.20. The second kappa shape index (κ2) is 6.23. The predicted octanol–water partition coefficient (Wildman–Crippen LogP) is 3.48. The first-order valence-electron chi connectivity index (χ1n) is 6.11. The highest BCUT2D eigenvalue weighted by molar-refractivity contribution is 6.33. The summed E-state index contributed by atoms with van der Waals surface area (Å²) in [5.41, 5.74) is 2.06. The van der Waals surface area contributed by atoms with Crippen LogP contribution in [0.1, 0.15) is 21.5 Å². The summed E-state index contributed by atoms with van der Waals surface area (Å²) in [6.07, 6.45) is 0. The molecule has 0 radical (unpaired) electrons. The van der Waals surface area contributed by atoms with Crippen molar-refractivity contribution in [2.45, 2.75) is 6.54 Å². The average molecular weight is 285 g/mol. The molecule has 0 aromatic heterocycles. The Morgan fingerprint density at radius 1 is 1.20 bits per heavy atom. The van der Waals surface area contributed by atoms with Crippen LogP contribution in [0.15, 0.2) is 48.5 Å². The van der Waals surface area contributed by atoms with Crippen LogP contribution in [-0.4, -0.2) is 17.9 Å². The minimum Gasteiger partial charge on any atom is -0.337 e. The van der Waals surface area contributed by atoms with Crippen LogP contribution in [0, 0.1) is 11.3 Å². The highest BCUT2D eigenvalue weighted by Gasteiger charge is 2.14. The number of hydrogen-bond acceptors (Lipinski definition) is 2. The van der Waals surface area contributed by atoms with Crippen LogP contribution in [-0.2, 0) is 6.54 Å². The van der Waals surface area contributed by atoms with Gasteiger partial charge in [0.2, 0.25) is 0 Å². The molecule has 0 N–H and O–H groups in total.